The number of hydrogen-bond donors (Lipinski definition) is 1. The summed E-state index contributed by atoms with van der Waals surface area (Å²) in [7, 11) is 0. The standard InChI is InChI=1S/C24H28N4O2S/c1-4-15-28-22(16-30-20-13-11-18(5-2)12-14-20)26-27-24(28)31-17-23(29)25-21-10-8-7-9-19(21)6-3/h4,7-14H,1,5-6,15-17H2,2-3H3,(H,25,29). The molecule has 3 aromatic rings. The molecule has 0 saturated carbocycles. The van der Waals surface area contributed by atoms with Gasteiger partial charge in [0.15, 0.2) is 11.0 Å². The molecule has 162 valence electrons. The van der Waals surface area contributed by atoms with Gasteiger partial charge in [-0.2, -0.15) is 0 Å². The lowest BCUT2D eigenvalue weighted by molar-refractivity contribution is -0.113. The molecular weight excluding hydrogens is 408 g/mol. The van der Waals surface area contributed by atoms with Gasteiger partial charge in [0.1, 0.15) is 12.4 Å². The smallest absolute Gasteiger partial charge is 0.234 e. The number of aromatic nitrogens is 3. The van der Waals surface area contributed by atoms with Crippen molar-refractivity contribution in [1.29, 1.82) is 0 Å². The van der Waals surface area contributed by atoms with Gasteiger partial charge >= 0.3 is 0 Å². The van der Waals surface area contributed by atoms with Gasteiger partial charge in [-0.3, -0.25) is 9.36 Å². The number of para-hydroxylation sites is 1. The van der Waals surface area contributed by atoms with Crippen molar-refractivity contribution in [3.8, 4) is 5.75 Å². The summed E-state index contributed by atoms with van der Waals surface area (Å²) in [5.74, 6) is 1.65. The third kappa shape index (κ3) is 6.21. The Kier molecular flexibility index (Phi) is 8.29. The van der Waals surface area contributed by atoms with Crippen molar-refractivity contribution in [2.75, 3.05) is 11.1 Å². The quantitative estimate of drug-likeness (QED) is 0.342. The third-order valence-corrected chi connectivity index (χ3v) is 5.78. The number of hydrogen-bond acceptors (Lipinski definition) is 5. The summed E-state index contributed by atoms with van der Waals surface area (Å²) >= 11 is 1.35. The topological polar surface area (TPSA) is 69.0 Å². The Labute approximate surface area is 187 Å². The van der Waals surface area contributed by atoms with E-state index in [0.29, 0.717) is 24.1 Å². The van der Waals surface area contributed by atoms with Crippen molar-refractivity contribution in [1.82, 2.24) is 14.8 Å². The molecule has 0 unspecified atom stereocenters. The summed E-state index contributed by atoms with van der Waals surface area (Å²) < 4.78 is 7.80. The van der Waals surface area contributed by atoms with Crippen molar-refractivity contribution >= 4 is 23.4 Å². The van der Waals surface area contributed by atoms with Gasteiger partial charge in [0, 0.05) is 12.2 Å². The van der Waals surface area contributed by atoms with Crippen LogP contribution in [0.25, 0.3) is 0 Å². The lowest BCUT2D eigenvalue weighted by atomic mass is 10.1. The van der Waals surface area contributed by atoms with E-state index in [4.69, 9.17) is 4.74 Å². The highest BCUT2D eigenvalue weighted by Crippen LogP contribution is 2.21. The van der Waals surface area contributed by atoms with Crippen LogP contribution in [0.1, 0.15) is 30.8 Å². The fraction of sp³-hybridized carbons (Fsp3) is 0.292. The predicted molar refractivity (Wildman–Crippen MR) is 126 cm³/mol. The number of thioether (sulfide) groups is 1. The van der Waals surface area contributed by atoms with Crippen molar-refractivity contribution < 1.29 is 9.53 Å². The number of amides is 1. The minimum atomic E-state index is -0.0760. The first-order valence-corrected chi connectivity index (χ1v) is 11.4. The van der Waals surface area contributed by atoms with Gasteiger partial charge in [0.2, 0.25) is 5.91 Å². The minimum absolute atomic E-state index is 0.0760. The molecule has 1 amide bonds. The van der Waals surface area contributed by atoms with Crippen LogP contribution in [-0.2, 0) is 30.8 Å². The highest BCUT2D eigenvalue weighted by Gasteiger charge is 2.15. The minimum Gasteiger partial charge on any atom is -0.486 e. The summed E-state index contributed by atoms with van der Waals surface area (Å²) in [6.45, 7) is 8.85. The number of nitrogens with zero attached hydrogens (tertiary/aromatic N) is 3. The molecule has 1 aromatic heterocycles. The SMILES string of the molecule is C=CCn1c(COc2ccc(CC)cc2)nnc1SCC(=O)Nc1ccccc1CC. The molecule has 0 aliphatic rings. The van der Waals surface area contributed by atoms with Crippen LogP contribution in [0.2, 0.25) is 0 Å². The van der Waals surface area contributed by atoms with Gasteiger partial charge in [-0.25, -0.2) is 0 Å². The number of nitrogens with one attached hydrogen (secondary N) is 1. The summed E-state index contributed by atoms with van der Waals surface area (Å²) in [5.41, 5.74) is 3.23. The highest BCUT2D eigenvalue weighted by atomic mass is 32.2. The molecule has 0 atom stereocenters. The number of aryl methyl sites for hydroxylation is 2. The zero-order valence-electron chi connectivity index (χ0n) is 18.0. The molecule has 31 heavy (non-hydrogen) atoms. The van der Waals surface area contributed by atoms with E-state index in [1.807, 2.05) is 41.0 Å². The lowest BCUT2D eigenvalue weighted by Gasteiger charge is -2.11. The number of anilines is 1. The average molecular weight is 437 g/mol. The van der Waals surface area contributed by atoms with Gasteiger partial charge in [0.05, 0.1) is 5.75 Å². The van der Waals surface area contributed by atoms with Gasteiger partial charge in [-0.15, -0.1) is 16.8 Å². The fourth-order valence-electron chi connectivity index (χ4n) is 3.08. The van der Waals surface area contributed by atoms with E-state index in [1.165, 1.54) is 17.3 Å². The second-order valence-electron chi connectivity index (χ2n) is 6.93. The fourth-order valence-corrected chi connectivity index (χ4v) is 3.85. The van der Waals surface area contributed by atoms with Gasteiger partial charge in [-0.05, 0) is 42.2 Å². The molecule has 0 spiro atoms. The number of allylic oxidation sites excluding steroid dienone is 1. The average Bonchev–Trinajstić information content (AvgIpc) is 3.18. The number of carbonyl (C=O) groups excluding carboxylic acids is 1. The van der Waals surface area contributed by atoms with Crippen LogP contribution in [0.4, 0.5) is 5.69 Å². The molecule has 0 radical (unpaired) electrons. The Morgan fingerprint density at radius 1 is 1.13 bits per heavy atom. The normalized spacial score (nSPS) is 10.6. The molecule has 1 heterocycles. The Bertz CT molecular complexity index is 1010. The summed E-state index contributed by atoms with van der Waals surface area (Å²) in [6.07, 6.45) is 3.64. The molecule has 2 aromatic carbocycles. The Morgan fingerprint density at radius 2 is 1.90 bits per heavy atom. The third-order valence-electron chi connectivity index (χ3n) is 4.81. The monoisotopic (exact) mass is 436 g/mol. The highest BCUT2D eigenvalue weighted by molar-refractivity contribution is 7.99. The van der Waals surface area contributed by atoms with E-state index in [-0.39, 0.29) is 11.7 Å². The maximum atomic E-state index is 12.5. The van der Waals surface area contributed by atoms with E-state index >= 15 is 0 Å². The molecule has 0 aliphatic carbocycles. The summed E-state index contributed by atoms with van der Waals surface area (Å²) in [5, 5.41) is 12.2. The van der Waals surface area contributed by atoms with Crippen molar-refractivity contribution in [3.05, 3.63) is 78.1 Å². The maximum Gasteiger partial charge on any atom is 0.234 e. The molecule has 0 fully saturated rings. The molecule has 7 heteroatoms. The maximum absolute atomic E-state index is 12.5. The lowest BCUT2D eigenvalue weighted by Crippen LogP contribution is -2.16. The number of ether oxygens (including phenoxy) is 1. The van der Waals surface area contributed by atoms with Gasteiger partial charge in [-0.1, -0.05) is 62.0 Å². The largest absolute Gasteiger partial charge is 0.486 e. The summed E-state index contributed by atoms with van der Waals surface area (Å²) in [6, 6.07) is 15.9. The number of carbonyl (C=O) groups is 1. The summed E-state index contributed by atoms with van der Waals surface area (Å²) in [4.78, 5) is 12.5. The van der Waals surface area contributed by atoms with Crippen molar-refractivity contribution in [3.63, 3.8) is 0 Å². The van der Waals surface area contributed by atoms with Crippen LogP contribution >= 0.6 is 11.8 Å². The van der Waals surface area contributed by atoms with Gasteiger partial charge < -0.3 is 10.1 Å². The van der Waals surface area contributed by atoms with Crippen LogP contribution in [0.5, 0.6) is 5.75 Å². The zero-order valence-corrected chi connectivity index (χ0v) is 18.8. The zero-order chi connectivity index (χ0) is 22.1. The molecular formula is C24H28N4O2S. The molecule has 6 nitrogen and oxygen atoms in total. The number of rotatable bonds is 11. The number of benzene rings is 2. The van der Waals surface area contributed by atoms with Gasteiger partial charge in [0.25, 0.3) is 0 Å². The first kappa shape index (κ1) is 22.6. The van der Waals surface area contributed by atoms with Crippen LogP contribution in [0.15, 0.2) is 66.3 Å². The first-order valence-electron chi connectivity index (χ1n) is 10.4. The Balaban J connectivity index is 1.61. The molecule has 0 bridgehead atoms. The van der Waals surface area contributed by atoms with Crippen LogP contribution in [0, 0.1) is 0 Å². The second kappa shape index (κ2) is 11.4. The van der Waals surface area contributed by atoms with E-state index in [2.05, 4.69) is 48.1 Å². The van der Waals surface area contributed by atoms with Crippen LogP contribution in [-0.4, -0.2) is 26.4 Å². The Hall–Kier alpha value is -3.06. The van der Waals surface area contributed by atoms with Crippen molar-refractivity contribution in [2.24, 2.45) is 0 Å². The molecule has 0 saturated heterocycles. The van der Waals surface area contributed by atoms with E-state index in [1.54, 1.807) is 6.08 Å². The predicted octanol–water partition coefficient (Wildman–Crippen LogP) is 4.90. The molecule has 0 aliphatic heterocycles. The first-order chi connectivity index (χ1) is 15.1. The van der Waals surface area contributed by atoms with E-state index in [0.717, 1.165) is 29.8 Å². The molecule has 1 N–H and O–H groups in total. The van der Waals surface area contributed by atoms with Crippen LogP contribution in [0.3, 0.4) is 0 Å². The Morgan fingerprint density at radius 3 is 2.61 bits per heavy atom. The molecule has 3 rings (SSSR count). The van der Waals surface area contributed by atoms with E-state index < -0.39 is 0 Å². The second-order valence-corrected chi connectivity index (χ2v) is 7.87. The van der Waals surface area contributed by atoms with Crippen LogP contribution < -0.4 is 10.1 Å². The van der Waals surface area contributed by atoms with E-state index in [9.17, 15) is 4.79 Å². The van der Waals surface area contributed by atoms with Crippen molar-refractivity contribution in [2.45, 2.75) is 45.0 Å².